The van der Waals surface area contributed by atoms with E-state index in [4.69, 9.17) is 0 Å². The van der Waals surface area contributed by atoms with E-state index in [2.05, 4.69) is 25.2 Å². The number of amides is 1. The highest BCUT2D eigenvalue weighted by Crippen LogP contribution is 2.23. The molecule has 1 aliphatic carbocycles. The summed E-state index contributed by atoms with van der Waals surface area (Å²) >= 11 is 1.71. The zero-order chi connectivity index (χ0) is 13.0. The average molecular weight is 263 g/mol. The molecule has 1 aromatic rings. The largest absolute Gasteiger partial charge is 0.350 e. The fourth-order valence-electron chi connectivity index (χ4n) is 2.46. The fraction of sp³-hybridized carbons (Fsp3) is 0.533. The molecule has 1 aliphatic rings. The van der Waals surface area contributed by atoms with Crippen LogP contribution in [-0.2, 0) is 4.79 Å². The number of nitrogens with one attached hydrogen (secondary N) is 1. The van der Waals surface area contributed by atoms with Crippen molar-refractivity contribution in [3.05, 3.63) is 28.0 Å². The number of hydrogen-bond acceptors (Lipinski definition) is 2. The van der Waals surface area contributed by atoms with E-state index in [-0.39, 0.29) is 5.91 Å². The summed E-state index contributed by atoms with van der Waals surface area (Å²) in [6.07, 6.45) is 8.46. The van der Waals surface area contributed by atoms with Crippen LogP contribution in [0, 0.1) is 12.8 Å². The molecule has 2 rings (SSSR count). The van der Waals surface area contributed by atoms with Crippen LogP contribution in [0.2, 0.25) is 0 Å². The van der Waals surface area contributed by atoms with Gasteiger partial charge >= 0.3 is 0 Å². The molecule has 0 saturated heterocycles. The van der Waals surface area contributed by atoms with Crippen molar-refractivity contribution < 1.29 is 4.79 Å². The van der Waals surface area contributed by atoms with Crippen LogP contribution in [0.1, 0.15) is 42.4 Å². The number of carbonyl (C=O) groups is 1. The number of rotatable bonds is 3. The summed E-state index contributed by atoms with van der Waals surface area (Å²) < 4.78 is 0. The number of aryl methyl sites for hydroxylation is 1. The van der Waals surface area contributed by atoms with Gasteiger partial charge in [0.2, 0.25) is 5.91 Å². The summed E-state index contributed by atoms with van der Waals surface area (Å²) in [4.78, 5) is 14.3. The fourth-order valence-corrected chi connectivity index (χ4v) is 3.24. The van der Waals surface area contributed by atoms with Gasteiger partial charge < -0.3 is 5.32 Å². The minimum Gasteiger partial charge on any atom is -0.350 e. The van der Waals surface area contributed by atoms with E-state index < -0.39 is 0 Å². The Bertz CT molecular complexity index is 435. The molecule has 18 heavy (non-hydrogen) atoms. The van der Waals surface area contributed by atoms with E-state index in [0.29, 0.717) is 12.0 Å². The molecule has 0 bridgehead atoms. The van der Waals surface area contributed by atoms with E-state index in [9.17, 15) is 4.79 Å². The van der Waals surface area contributed by atoms with Crippen LogP contribution in [0.3, 0.4) is 0 Å². The van der Waals surface area contributed by atoms with Gasteiger partial charge in [-0.3, -0.25) is 4.79 Å². The maximum absolute atomic E-state index is 11.8. The molecule has 0 aliphatic heterocycles. The maximum Gasteiger partial charge on any atom is 0.244 e. The van der Waals surface area contributed by atoms with Gasteiger partial charge in [0.25, 0.3) is 0 Å². The Morgan fingerprint density at radius 3 is 2.83 bits per heavy atom. The maximum atomic E-state index is 11.8. The highest BCUT2D eigenvalue weighted by Gasteiger charge is 2.21. The molecule has 1 aromatic heterocycles. The predicted molar refractivity (Wildman–Crippen MR) is 77.7 cm³/mol. The number of carbonyl (C=O) groups excluding carboxylic acids is 1. The van der Waals surface area contributed by atoms with Crippen molar-refractivity contribution in [2.24, 2.45) is 5.92 Å². The molecule has 98 valence electrons. The minimum atomic E-state index is 0.0415. The number of hydrogen-bond donors (Lipinski definition) is 1. The summed E-state index contributed by atoms with van der Waals surface area (Å²) in [5, 5.41) is 3.12. The molecule has 1 fully saturated rings. The lowest BCUT2D eigenvalue weighted by Gasteiger charge is -2.29. The lowest BCUT2D eigenvalue weighted by Crippen LogP contribution is -2.40. The van der Waals surface area contributed by atoms with Crippen LogP contribution in [0.25, 0.3) is 6.08 Å². The van der Waals surface area contributed by atoms with Gasteiger partial charge in [-0.25, -0.2) is 0 Å². The molecule has 3 heteroatoms. The predicted octanol–water partition coefficient (Wildman–Crippen LogP) is 3.76. The van der Waals surface area contributed by atoms with Gasteiger partial charge in [0, 0.05) is 21.9 Å². The van der Waals surface area contributed by atoms with Gasteiger partial charge in [-0.1, -0.05) is 19.8 Å². The van der Waals surface area contributed by atoms with Crippen LogP contribution in [0.4, 0.5) is 0 Å². The molecule has 1 amide bonds. The molecule has 1 heterocycles. The molecule has 0 radical (unpaired) electrons. The lowest BCUT2D eigenvalue weighted by molar-refractivity contribution is -0.117. The minimum absolute atomic E-state index is 0.0415. The summed E-state index contributed by atoms with van der Waals surface area (Å²) in [5.74, 6) is 0.653. The van der Waals surface area contributed by atoms with Crippen molar-refractivity contribution in [3.63, 3.8) is 0 Å². The van der Waals surface area contributed by atoms with Crippen LogP contribution in [-0.4, -0.2) is 11.9 Å². The third-order valence-electron chi connectivity index (χ3n) is 3.60. The second kappa shape index (κ2) is 6.19. The van der Waals surface area contributed by atoms with E-state index >= 15 is 0 Å². The quantitative estimate of drug-likeness (QED) is 0.826. The van der Waals surface area contributed by atoms with Crippen molar-refractivity contribution >= 4 is 23.3 Å². The van der Waals surface area contributed by atoms with Gasteiger partial charge in [-0.2, -0.15) is 0 Å². The third kappa shape index (κ3) is 3.70. The number of thiophene rings is 1. The molecule has 2 nitrogen and oxygen atoms in total. The molecule has 1 N–H and O–H groups in total. The first-order valence-electron chi connectivity index (χ1n) is 6.70. The van der Waals surface area contributed by atoms with Gasteiger partial charge in [-0.05, 0) is 43.9 Å². The van der Waals surface area contributed by atoms with Crippen LogP contribution < -0.4 is 5.32 Å². The van der Waals surface area contributed by atoms with Crippen molar-refractivity contribution in [1.82, 2.24) is 5.32 Å². The summed E-state index contributed by atoms with van der Waals surface area (Å²) in [6.45, 7) is 4.31. The zero-order valence-electron chi connectivity index (χ0n) is 11.1. The normalized spacial score (nSPS) is 24.3. The first kappa shape index (κ1) is 13.3. The van der Waals surface area contributed by atoms with Crippen LogP contribution in [0.5, 0.6) is 0 Å². The molecule has 2 atom stereocenters. The average Bonchev–Trinajstić information content (AvgIpc) is 2.76. The standard InChI is InChI=1S/C15H21NOS/c1-11-5-3-4-6-14(11)16-15(17)10-9-13-8-7-12(2)18-13/h7-11,14H,3-6H2,1-2H3,(H,16,17)/b10-9+. The van der Waals surface area contributed by atoms with Gasteiger partial charge in [0.15, 0.2) is 0 Å². The Morgan fingerprint density at radius 1 is 1.39 bits per heavy atom. The van der Waals surface area contributed by atoms with Crippen molar-refractivity contribution in [3.8, 4) is 0 Å². The summed E-state index contributed by atoms with van der Waals surface area (Å²) in [6, 6.07) is 4.49. The van der Waals surface area contributed by atoms with Gasteiger partial charge in [0.05, 0.1) is 0 Å². The third-order valence-corrected chi connectivity index (χ3v) is 4.57. The van der Waals surface area contributed by atoms with Crippen molar-refractivity contribution in [2.45, 2.75) is 45.6 Å². The Balaban J connectivity index is 1.86. The zero-order valence-corrected chi connectivity index (χ0v) is 11.9. The first-order chi connectivity index (χ1) is 8.65. The van der Waals surface area contributed by atoms with Crippen molar-refractivity contribution in [1.29, 1.82) is 0 Å². The Labute approximate surface area is 113 Å². The second-order valence-electron chi connectivity index (χ2n) is 5.16. The van der Waals surface area contributed by atoms with E-state index in [1.165, 1.54) is 24.1 Å². The monoisotopic (exact) mass is 263 g/mol. The van der Waals surface area contributed by atoms with Gasteiger partial charge in [0.1, 0.15) is 0 Å². The first-order valence-corrected chi connectivity index (χ1v) is 7.52. The Kier molecular flexibility index (Phi) is 4.59. The Morgan fingerprint density at radius 2 is 2.17 bits per heavy atom. The second-order valence-corrected chi connectivity index (χ2v) is 6.48. The smallest absolute Gasteiger partial charge is 0.244 e. The molecule has 0 aromatic carbocycles. The molecule has 2 unspecified atom stereocenters. The SMILES string of the molecule is Cc1ccc(/C=C/C(=O)NC2CCCCC2C)s1. The lowest BCUT2D eigenvalue weighted by atomic mass is 9.86. The Hall–Kier alpha value is -1.09. The summed E-state index contributed by atoms with van der Waals surface area (Å²) in [7, 11) is 0. The highest BCUT2D eigenvalue weighted by atomic mass is 32.1. The highest BCUT2D eigenvalue weighted by molar-refractivity contribution is 7.12. The van der Waals surface area contributed by atoms with E-state index in [1.54, 1.807) is 17.4 Å². The molecular weight excluding hydrogens is 242 g/mol. The topological polar surface area (TPSA) is 29.1 Å². The van der Waals surface area contributed by atoms with Crippen LogP contribution >= 0.6 is 11.3 Å². The molecular formula is C15H21NOS. The van der Waals surface area contributed by atoms with Crippen molar-refractivity contribution in [2.75, 3.05) is 0 Å². The molecule has 1 saturated carbocycles. The van der Waals surface area contributed by atoms with E-state index in [0.717, 1.165) is 11.3 Å². The summed E-state index contributed by atoms with van der Waals surface area (Å²) in [5.41, 5.74) is 0. The van der Waals surface area contributed by atoms with Crippen LogP contribution in [0.15, 0.2) is 18.2 Å². The van der Waals surface area contributed by atoms with E-state index in [1.807, 2.05) is 12.1 Å². The van der Waals surface area contributed by atoms with Gasteiger partial charge in [-0.15, -0.1) is 11.3 Å². The molecule has 0 spiro atoms.